The van der Waals surface area contributed by atoms with Gasteiger partial charge in [-0.2, -0.15) is 0 Å². The highest BCUT2D eigenvalue weighted by atomic mass is 79.9. The molecule has 0 rings (SSSR count). The first-order valence-electron chi connectivity index (χ1n) is 4.23. The summed E-state index contributed by atoms with van der Waals surface area (Å²) in [5, 5.41) is 0.578. The van der Waals surface area contributed by atoms with E-state index in [1.165, 1.54) is 0 Å². The van der Waals surface area contributed by atoms with Gasteiger partial charge in [0.25, 0.3) is 0 Å². The Labute approximate surface area is 88.6 Å². The predicted octanol–water partition coefficient (Wildman–Crippen LogP) is 2.24. The Kier molecular flexibility index (Phi) is 5.76. The lowest BCUT2D eigenvalue weighted by Gasteiger charge is -2.29. The molecule has 0 saturated carbocycles. The molecule has 0 atom stereocenters. The molecule has 0 heterocycles. The number of ether oxygens (including phenoxy) is 2. The van der Waals surface area contributed by atoms with Gasteiger partial charge >= 0.3 is 0 Å². The number of rotatable bonds is 5. The lowest BCUT2D eigenvalue weighted by Crippen LogP contribution is -2.43. The molecule has 0 unspecified atom stereocenters. The number of methoxy groups -OCH3 is 2. The van der Waals surface area contributed by atoms with Crippen molar-refractivity contribution in [2.75, 3.05) is 19.5 Å². The van der Waals surface area contributed by atoms with Gasteiger partial charge in [-0.25, -0.2) is 0 Å². The minimum absolute atomic E-state index is 0.253. The van der Waals surface area contributed by atoms with Crippen LogP contribution in [0.5, 0.6) is 0 Å². The number of hydrogen-bond acceptors (Lipinski definition) is 3. The van der Waals surface area contributed by atoms with Gasteiger partial charge in [0.15, 0.2) is 0 Å². The molecule has 0 aliphatic carbocycles. The molecule has 0 spiro atoms. The molecular weight excluding hydrogens is 234 g/mol. The highest BCUT2D eigenvalue weighted by Gasteiger charge is 2.32. The van der Waals surface area contributed by atoms with Gasteiger partial charge in [0.05, 0.1) is 11.0 Å². The van der Waals surface area contributed by atoms with Crippen molar-refractivity contribution in [3.8, 4) is 0 Å². The highest BCUT2D eigenvalue weighted by Crippen LogP contribution is 2.17. The van der Waals surface area contributed by atoms with Crippen LogP contribution >= 0.6 is 15.9 Å². The highest BCUT2D eigenvalue weighted by molar-refractivity contribution is 9.09. The zero-order valence-corrected chi connectivity index (χ0v) is 10.5. The molecule has 0 amide bonds. The van der Waals surface area contributed by atoms with E-state index in [1.807, 2.05) is 20.8 Å². The van der Waals surface area contributed by atoms with Crippen LogP contribution < -0.4 is 0 Å². The van der Waals surface area contributed by atoms with E-state index in [0.29, 0.717) is 5.33 Å². The lowest BCUT2D eigenvalue weighted by atomic mass is 10.2. The maximum absolute atomic E-state index is 5.30. The average Bonchev–Trinajstić information content (AvgIpc) is 2.07. The van der Waals surface area contributed by atoms with Crippen molar-refractivity contribution in [2.24, 2.45) is 4.99 Å². The van der Waals surface area contributed by atoms with E-state index in [2.05, 4.69) is 20.9 Å². The van der Waals surface area contributed by atoms with Gasteiger partial charge < -0.3 is 9.47 Å². The summed E-state index contributed by atoms with van der Waals surface area (Å²) >= 11 is 3.35. The van der Waals surface area contributed by atoms with E-state index in [1.54, 1.807) is 14.2 Å². The standard InChI is InChI=1S/C9H18BrNO2/c1-7(2)11-8(3)9(6-10,12-4)13-5/h7H,6H2,1-5H3. The van der Waals surface area contributed by atoms with Gasteiger partial charge in [0.1, 0.15) is 0 Å². The van der Waals surface area contributed by atoms with Gasteiger partial charge in [-0.1, -0.05) is 15.9 Å². The van der Waals surface area contributed by atoms with Crippen LogP contribution in [0.3, 0.4) is 0 Å². The zero-order valence-electron chi connectivity index (χ0n) is 8.93. The largest absolute Gasteiger partial charge is 0.348 e. The quantitative estimate of drug-likeness (QED) is 0.427. The molecule has 4 heteroatoms. The van der Waals surface area contributed by atoms with Crippen LogP contribution in [0, 0.1) is 0 Å². The smallest absolute Gasteiger partial charge is 0.217 e. The maximum Gasteiger partial charge on any atom is 0.217 e. The summed E-state index contributed by atoms with van der Waals surface area (Å²) in [6.45, 7) is 5.95. The van der Waals surface area contributed by atoms with Gasteiger partial charge in [-0.3, -0.25) is 4.99 Å². The second-order valence-corrected chi connectivity index (χ2v) is 3.66. The topological polar surface area (TPSA) is 30.8 Å². The molecule has 0 aromatic carbocycles. The normalized spacial score (nSPS) is 13.9. The molecule has 3 nitrogen and oxygen atoms in total. The van der Waals surface area contributed by atoms with Gasteiger partial charge in [-0.15, -0.1) is 0 Å². The van der Waals surface area contributed by atoms with Crippen LogP contribution in [-0.4, -0.2) is 37.1 Å². The molecule has 0 saturated heterocycles. The summed E-state index contributed by atoms with van der Waals surface area (Å²) in [7, 11) is 3.23. The Morgan fingerprint density at radius 2 is 1.85 bits per heavy atom. The van der Waals surface area contributed by atoms with Crippen LogP contribution in [0.4, 0.5) is 0 Å². The minimum Gasteiger partial charge on any atom is -0.348 e. The van der Waals surface area contributed by atoms with E-state index in [4.69, 9.17) is 9.47 Å². The second kappa shape index (κ2) is 5.73. The van der Waals surface area contributed by atoms with Gasteiger partial charge in [-0.05, 0) is 20.8 Å². The number of aliphatic imine (C=N–C) groups is 1. The molecule has 0 aromatic heterocycles. The number of halogens is 1. The van der Waals surface area contributed by atoms with Gasteiger partial charge in [0, 0.05) is 20.3 Å². The van der Waals surface area contributed by atoms with E-state index in [9.17, 15) is 0 Å². The minimum atomic E-state index is -0.718. The Balaban J connectivity index is 4.72. The molecule has 78 valence electrons. The van der Waals surface area contributed by atoms with E-state index in [-0.39, 0.29) is 6.04 Å². The van der Waals surface area contributed by atoms with Crippen LogP contribution in [0.2, 0.25) is 0 Å². The molecule has 0 aliphatic heterocycles. The molecule has 0 N–H and O–H groups in total. The summed E-state index contributed by atoms with van der Waals surface area (Å²) in [6, 6.07) is 0.253. The Morgan fingerprint density at radius 1 is 1.38 bits per heavy atom. The van der Waals surface area contributed by atoms with E-state index >= 15 is 0 Å². The fourth-order valence-electron chi connectivity index (χ4n) is 1.07. The first kappa shape index (κ1) is 13.1. The van der Waals surface area contributed by atoms with Crippen molar-refractivity contribution >= 4 is 21.6 Å². The maximum atomic E-state index is 5.30. The van der Waals surface area contributed by atoms with Crippen molar-refractivity contribution in [1.29, 1.82) is 0 Å². The molecular formula is C9H18BrNO2. The SMILES string of the molecule is COC(CBr)(OC)C(C)=NC(C)C. The average molecular weight is 252 g/mol. The number of nitrogens with zero attached hydrogens (tertiary/aromatic N) is 1. The lowest BCUT2D eigenvalue weighted by molar-refractivity contribution is -0.135. The summed E-state index contributed by atoms with van der Waals surface area (Å²) in [6.07, 6.45) is 0. The summed E-state index contributed by atoms with van der Waals surface area (Å²) in [5.74, 6) is -0.718. The Hall–Kier alpha value is 0.0700. The summed E-state index contributed by atoms with van der Waals surface area (Å²) < 4.78 is 10.6. The molecule has 0 radical (unpaired) electrons. The number of alkyl halides is 1. The monoisotopic (exact) mass is 251 g/mol. The van der Waals surface area contributed by atoms with Crippen molar-refractivity contribution in [3.05, 3.63) is 0 Å². The Bertz CT molecular complexity index is 168. The third-order valence-corrected chi connectivity index (χ3v) is 2.58. The van der Waals surface area contributed by atoms with Crippen LogP contribution in [0.1, 0.15) is 20.8 Å². The van der Waals surface area contributed by atoms with Crippen LogP contribution in [0.15, 0.2) is 4.99 Å². The van der Waals surface area contributed by atoms with Crippen molar-refractivity contribution < 1.29 is 9.47 Å². The van der Waals surface area contributed by atoms with Crippen LogP contribution in [-0.2, 0) is 9.47 Å². The van der Waals surface area contributed by atoms with Crippen LogP contribution in [0.25, 0.3) is 0 Å². The van der Waals surface area contributed by atoms with E-state index < -0.39 is 5.79 Å². The van der Waals surface area contributed by atoms with Crippen molar-refractivity contribution in [2.45, 2.75) is 32.6 Å². The summed E-state index contributed by atoms with van der Waals surface area (Å²) in [4.78, 5) is 4.40. The van der Waals surface area contributed by atoms with Crippen molar-refractivity contribution in [1.82, 2.24) is 0 Å². The predicted molar refractivity (Wildman–Crippen MR) is 58.8 cm³/mol. The van der Waals surface area contributed by atoms with Crippen molar-refractivity contribution in [3.63, 3.8) is 0 Å². The fraction of sp³-hybridized carbons (Fsp3) is 0.889. The molecule has 0 aromatic rings. The number of hydrogen-bond donors (Lipinski definition) is 0. The first-order valence-corrected chi connectivity index (χ1v) is 5.35. The summed E-state index contributed by atoms with van der Waals surface area (Å²) in [5.41, 5.74) is 0.851. The molecule has 0 bridgehead atoms. The fourth-order valence-corrected chi connectivity index (χ4v) is 1.93. The Morgan fingerprint density at radius 3 is 2.08 bits per heavy atom. The third kappa shape index (κ3) is 3.37. The van der Waals surface area contributed by atoms with E-state index in [0.717, 1.165) is 5.71 Å². The molecule has 13 heavy (non-hydrogen) atoms. The zero-order chi connectivity index (χ0) is 10.5. The van der Waals surface area contributed by atoms with Gasteiger partial charge in [0.2, 0.25) is 5.79 Å². The third-order valence-electron chi connectivity index (χ3n) is 1.84. The second-order valence-electron chi connectivity index (χ2n) is 3.10. The first-order chi connectivity index (χ1) is 6.02. The molecule has 0 aliphatic rings. The molecule has 0 fully saturated rings.